The van der Waals surface area contributed by atoms with Gasteiger partial charge in [-0.05, 0) is 41.5 Å². The van der Waals surface area contributed by atoms with Crippen LogP contribution in [0.5, 0.6) is 5.75 Å². The van der Waals surface area contributed by atoms with E-state index in [9.17, 15) is 0 Å². The van der Waals surface area contributed by atoms with Crippen LogP contribution in [0.25, 0.3) is 16.1 Å². The number of methoxy groups -OCH3 is 1. The molecule has 0 bridgehead atoms. The summed E-state index contributed by atoms with van der Waals surface area (Å²) in [6, 6.07) is 18.8. The molecule has 0 saturated heterocycles. The van der Waals surface area contributed by atoms with Gasteiger partial charge in [0.15, 0.2) is 0 Å². The van der Waals surface area contributed by atoms with E-state index in [1.807, 2.05) is 12.1 Å². The van der Waals surface area contributed by atoms with Gasteiger partial charge in [0.1, 0.15) is 23.0 Å². The molecule has 132 valence electrons. The Hall–Kier alpha value is -2.43. The van der Waals surface area contributed by atoms with Gasteiger partial charge in [0.2, 0.25) is 0 Å². The Kier molecular flexibility index (Phi) is 5.14. The standard InChI is InChI=1S/C22H22N2OS/c1-25-21-9-7-19(8-10-21)22-23-20(16-26-22)15-24-13-11-18(12-14-24)17-5-3-2-4-6-17/h2-11,16H,12-15H2,1H3/p+1. The van der Waals surface area contributed by atoms with E-state index in [1.54, 1.807) is 23.3 Å². The number of nitrogens with zero attached hydrogens (tertiary/aromatic N) is 1. The highest BCUT2D eigenvalue weighted by Gasteiger charge is 2.17. The van der Waals surface area contributed by atoms with Crippen molar-refractivity contribution in [2.45, 2.75) is 13.0 Å². The number of quaternary nitrogens is 1. The lowest BCUT2D eigenvalue weighted by Crippen LogP contribution is -3.11. The van der Waals surface area contributed by atoms with Gasteiger partial charge in [0.05, 0.1) is 20.2 Å². The van der Waals surface area contributed by atoms with Gasteiger partial charge in [-0.15, -0.1) is 11.3 Å². The summed E-state index contributed by atoms with van der Waals surface area (Å²) in [7, 11) is 1.69. The summed E-state index contributed by atoms with van der Waals surface area (Å²) in [5, 5.41) is 3.28. The van der Waals surface area contributed by atoms with E-state index in [-0.39, 0.29) is 0 Å². The smallest absolute Gasteiger partial charge is 0.123 e. The van der Waals surface area contributed by atoms with E-state index >= 15 is 0 Å². The van der Waals surface area contributed by atoms with Crippen molar-refractivity contribution < 1.29 is 9.64 Å². The van der Waals surface area contributed by atoms with E-state index in [2.05, 4.69) is 53.9 Å². The molecule has 0 aliphatic carbocycles. The summed E-state index contributed by atoms with van der Waals surface area (Å²) in [6.07, 6.45) is 3.53. The number of nitrogens with one attached hydrogen (secondary N) is 1. The van der Waals surface area contributed by atoms with E-state index in [1.165, 1.54) is 16.8 Å². The normalized spacial score (nSPS) is 17.0. The lowest BCUT2D eigenvalue weighted by atomic mass is 9.99. The van der Waals surface area contributed by atoms with E-state index in [0.29, 0.717) is 0 Å². The monoisotopic (exact) mass is 363 g/mol. The first kappa shape index (κ1) is 17.0. The van der Waals surface area contributed by atoms with Crippen LogP contribution in [0.15, 0.2) is 66.1 Å². The molecule has 0 radical (unpaired) electrons. The van der Waals surface area contributed by atoms with Crippen LogP contribution in [-0.4, -0.2) is 25.2 Å². The van der Waals surface area contributed by atoms with Crippen molar-refractivity contribution in [3.8, 4) is 16.3 Å². The minimum absolute atomic E-state index is 0.879. The van der Waals surface area contributed by atoms with Gasteiger partial charge < -0.3 is 9.64 Å². The third-order valence-electron chi connectivity index (χ3n) is 4.85. The van der Waals surface area contributed by atoms with Crippen molar-refractivity contribution in [2.75, 3.05) is 20.2 Å². The minimum atomic E-state index is 0.879. The quantitative estimate of drug-likeness (QED) is 0.748. The summed E-state index contributed by atoms with van der Waals surface area (Å²) in [5.41, 5.74) is 5.18. The number of aromatic nitrogens is 1. The predicted octanol–water partition coefficient (Wildman–Crippen LogP) is 3.69. The third-order valence-corrected chi connectivity index (χ3v) is 5.79. The summed E-state index contributed by atoms with van der Waals surface area (Å²) in [5.74, 6) is 0.879. The Morgan fingerprint density at radius 1 is 1.04 bits per heavy atom. The predicted molar refractivity (Wildman–Crippen MR) is 108 cm³/mol. The van der Waals surface area contributed by atoms with Crippen molar-refractivity contribution >= 4 is 16.9 Å². The maximum atomic E-state index is 5.23. The molecule has 1 N–H and O–H groups in total. The Morgan fingerprint density at radius 2 is 1.85 bits per heavy atom. The van der Waals surface area contributed by atoms with E-state index in [0.717, 1.165) is 42.4 Å². The van der Waals surface area contributed by atoms with Crippen LogP contribution in [0.4, 0.5) is 0 Å². The largest absolute Gasteiger partial charge is 0.497 e. The number of ether oxygens (including phenoxy) is 1. The lowest BCUT2D eigenvalue weighted by molar-refractivity contribution is -0.909. The fourth-order valence-electron chi connectivity index (χ4n) is 3.37. The van der Waals surface area contributed by atoms with Gasteiger partial charge >= 0.3 is 0 Å². The molecule has 0 fully saturated rings. The molecular formula is C22H23N2OS+. The van der Waals surface area contributed by atoms with Crippen molar-refractivity contribution in [3.05, 3.63) is 77.3 Å². The average Bonchev–Trinajstić information content (AvgIpc) is 3.18. The fourth-order valence-corrected chi connectivity index (χ4v) is 4.19. The number of benzene rings is 2. The molecule has 3 nitrogen and oxygen atoms in total. The first-order valence-corrected chi connectivity index (χ1v) is 9.86. The van der Waals surface area contributed by atoms with Gasteiger partial charge in [0, 0.05) is 17.4 Å². The zero-order chi connectivity index (χ0) is 17.8. The molecule has 4 rings (SSSR count). The summed E-state index contributed by atoms with van der Waals surface area (Å²) >= 11 is 1.72. The van der Waals surface area contributed by atoms with Gasteiger partial charge in [0.25, 0.3) is 0 Å². The molecule has 0 spiro atoms. The zero-order valence-electron chi connectivity index (χ0n) is 14.9. The van der Waals surface area contributed by atoms with Gasteiger partial charge in [-0.25, -0.2) is 4.98 Å². The molecule has 2 aromatic carbocycles. The molecule has 26 heavy (non-hydrogen) atoms. The number of hydrogen-bond donors (Lipinski definition) is 1. The summed E-state index contributed by atoms with van der Waals surface area (Å²) < 4.78 is 5.23. The van der Waals surface area contributed by atoms with Crippen LogP contribution >= 0.6 is 11.3 Å². The molecule has 0 saturated carbocycles. The molecular weight excluding hydrogens is 340 g/mol. The number of thiazole rings is 1. The minimum Gasteiger partial charge on any atom is -0.497 e. The van der Waals surface area contributed by atoms with Crippen LogP contribution in [0.1, 0.15) is 17.7 Å². The van der Waals surface area contributed by atoms with Crippen molar-refractivity contribution in [1.29, 1.82) is 0 Å². The highest BCUT2D eigenvalue weighted by molar-refractivity contribution is 7.13. The SMILES string of the molecule is COc1ccc(-c2nc(C[NH+]3CC=C(c4ccccc4)CC3)cs2)cc1. The van der Waals surface area contributed by atoms with Crippen LogP contribution in [0.3, 0.4) is 0 Å². The molecule has 3 aromatic rings. The Labute approximate surface area is 158 Å². The van der Waals surface area contributed by atoms with Crippen molar-refractivity contribution in [1.82, 2.24) is 4.98 Å². The molecule has 0 amide bonds. The second-order valence-corrected chi connectivity index (χ2v) is 7.46. The molecule has 4 heteroatoms. The molecule has 1 unspecified atom stereocenters. The number of rotatable bonds is 5. The van der Waals surface area contributed by atoms with E-state index < -0.39 is 0 Å². The Balaban J connectivity index is 1.39. The van der Waals surface area contributed by atoms with E-state index in [4.69, 9.17) is 9.72 Å². The van der Waals surface area contributed by atoms with Gasteiger partial charge in [-0.3, -0.25) is 0 Å². The molecule has 1 aromatic heterocycles. The first-order chi connectivity index (χ1) is 12.8. The fraction of sp³-hybridized carbons (Fsp3) is 0.227. The second kappa shape index (κ2) is 7.85. The van der Waals surface area contributed by atoms with Crippen LogP contribution < -0.4 is 9.64 Å². The highest BCUT2D eigenvalue weighted by atomic mass is 32.1. The lowest BCUT2D eigenvalue weighted by Gasteiger charge is -2.23. The molecule has 1 aliphatic rings. The van der Waals surface area contributed by atoms with Crippen LogP contribution in [0.2, 0.25) is 0 Å². The molecule has 1 aliphatic heterocycles. The van der Waals surface area contributed by atoms with Crippen LogP contribution in [0, 0.1) is 0 Å². The van der Waals surface area contributed by atoms with Crippen molar-refractivity contribution in [3.63, 3.8) is 0 Å². The maximum absolute atomic E-state index is 5.23. The molecule has 2 heterocycles. The molecule has 1 atom stereocenters. The first-order valence-electron chi connectivity index (χ1n) is 8.98. The van der Waals surface area contributed by atoms with Crippen molar-refractivity contribution in [2.24, 2.45) is 0 Å². The second-order valence-electron chi connectivity index (χ2n) is 6.60. The van der Waals surface area contributed by atoms with Gasteiger partial charge in [-0.2, -0.15) is 0 Å². The maximum Gasteiger partial charge on any atom is 0.123 e. The highest BCUT2D eigenvalue weighted by Crippen LogP contribution is 2.25. The Bertz CT molecular complexity index is 884. The van der Waals surface area contributed by atoms with Gasteiger partial charge in [-0.1, -0.05) is 30.3 Å². The summed E-state index contributed by atoms with van der Waals surface area (Å²) in [4.78, 5) is 6.42. The Morgan fingerprint density at radius 3 is 2.54 bits per heavy atom. The number of hydrogen-bond acceptors (Lipinski definition) is 3. The third kappa shape index (κ3) is 3.87. The van der Waals surface area contributed by atoms with Crippen LogP contribution in [-0.2, 0) is 6.54 Å². The topological polar surface area (TPSA) is 26.6 Å². The average molecular weight is 364 g/mol. The summed E-state index contributed by atoms with van der Waals surface area (Å²) in [6.45, 7) is 3.22. The zero-order valence-corrected chi connectivity index (χ0v) is 15.8.